The summed E-state index contributed by atoms with van der Waals surface area (Å²) in [5, 5.41) is 0. The molecule has 0 N–H and O–H groups in total. The number of unbranched alkanes of at least 4 members (excludes halogenated alkanes) is 37. The van der Waals surface area contributed by atoms with Crippen LogP contribution in [0, 0.1) is 0 Å². The van der Waals surface area contributed by atoms with Gasteiger partial charge >= 0.3 is 17.9 Å². The van der Waals surface area contributed by atoms with E-state index < -0.39 is 6.10 Å². The number of carbonyl (C=O) groups is 3. The van der Waals surface area contributed by atoms with Crippen molar-refractivity contribution in [3.8, 4) is 0 Å². The molecule has 0 fully saturated rings. The molecule has 0 spiro atoms. The highest BCUT2D eigenvalue weighted by molar-refractivity contribution is 5.71. The maximum absolute atomic E-state index is 12.9. The highest BCUT2D eigenvalue weighted by Gasteiger charge is 2.19. The third-order valence-electron chi connectivity index (χ3n) is 13.1. The normalized spacial score (nSPS) is 12.2. The molecule has 6 nitrogen and oxygen atoms in total. The van der Waals surface area contributed by atoms with Crippen molar-refractivity contribution in [3.63, 3.8) is 0 Å². The zero-order valence-corrected chi connectivity index (χ0v) is 44.9. The van der Waals surface area contributed by atoms with Gasteiger partial charge in [-0.2, -0.15) is 0 Å². The van der Waals surface area contributed by atoms with Crippen LogP contribution < -0.4 is 0 Å². The van der Waals surface area contributed by atoms with Gasteiger partial charge in [0.15, 0.2) is 6.10 Å². The molecule has 0 aliphatic rings. The van der Waals surface area contributed by atoms with E-state index in [0.717, 1.165) is 64.2 Å². The third kappa shape index (κ3) is 54.4. The molecule has 0 unspecified atom stereocenters. The largest absolute Gasteiger partial charge is 0.462 e. The lowest BCUT2D eigenvalue weighted by molar-refractivity contribution is -0.167. The summed E-state index contributed by atoms with van der Waals surface area (Å²) in [6.45, 7) is 6.62. The zero-order chi connectivity index (χ0) is 48.6. The molecule has 1 atom stereocenters. The average Bonchev–Trinajstić information content (AvgIpc) is 3.33. The van der Waals surface area contributed by atoms with Gasteiger partial charge < -0.3 is 14.2 Å². The molecule has 0 amide bonds. The van der Waals surface area contributed by atoms with E-state index in [1.807, 2.05) is 0 Å². The Bertz CT molecular complexity index is 1130. The molecule has 392 valence electrons. The molecule has 0 aliphatic heterocycles. The molecule has 0 bridgehead atoms. The van der Waals surface area contributed by atoms with E-state index in [4.69, 9.17) is 14.2 Å². The minimum Gasteiger partial charge on any atom is -0.462 e. The van der Waals surface area contributed by atoms with Gasteiger partial charge in [0, 0.05) is 19.3 Å². The predicted octanol–water partition coefficient (Wildman–Crippen LogP) is 19.7. The summed E-state index contributed by atoms with van der Waals surface area (Å²) >= 11 is 0. The summed E-state index contributed by atoms with van der Waals surface area (Å²) in [6, 6.07) is 0. The molecule has 0 saturated heterocycles. The average molecular weight is 942 g/mol. The molecule has 0 aromatic carbocycles. The molecule has 0 aromatic heterocycles. The van der Waals surface area contributed by atoms with Gasteiger partial charge in [-0.05, 0) is 89.9 Å². The molecule has 67 heavy (non-hydrogen) atoms. The Morgan fingerprint density at radius 3 is 0.791 bits per heavy atom. The van der Waals surface area contributed by atoms with Gasteiger partial charge in [0.25, 0.3) is 0 Å². The SMILES string of the molecule is CCCC/C=C\CCCCCCCC(=O)OC[C@H](COC(=O)CCCCCCCCC/C=C\CCCCCCCCCC)OC(=O)CCCCCCCCC/C=C\CCCCCCCCCC. The first kappa shape index (κ1) is 64.6. The Balaban J connectivity index is 4.31. The van der Waals surface area contributed by atoms with Crippen LogP contribution in [0.15, 0.2) is 36.5 Å². The van der Waals surface area contributed by atoms with Crippen molar-refractivity contribution < 1.29 is 28.6 Å². The van der Waals surface area contributed by atoms with Crippen LogP contribution in [0.5, 0.6) is 0 Å². The monoisotopic (exact) mass is 941 g/mol. The number of hydrogen-bond acceptors (Lipinski definition) is 6. The van der Waals surface area contributed by atoms with Gasteiger partial charge in [-0.1, -0.05) is 243 Å². The van der Waals surface area contributed by atoms with E-state index in [9.17, 15) is 14.4 Å². The van der Waals surface area contributed by atoms with E-state index in [1.165, 1.54) is 212 Å². The Labute approximate surface area is 416 Å². The number of carbonyl (C=O) groups excluding carboxylic acids is 3. The first-order valence-corrected chi connectivity index (χ1v) is 29.5. The van der Waals surface area contributed by atoms with Gasteiger partial charge in [-0.15, -0.1) is 0 Å². The Morgan fingerprint density at radius 1 is 0.284 bits per heavy atom. The minimum absolute atomic E-state index is 0.0767. The quantitative estimate of drug-likeness (QED) is 0.0262. The van der Waals surface area contributed by atoms with Crippen molar-refractivity contribution in [2.45, 2.75) is 322 Å². The maximum Gasteiger partial charge on any atom is 0.306 e. The molecule has 6 heteroatoms. The van der Waals surface area contributed by atoms with Gasteiger partial charge in [-0.25, -0.2) is 0 Å². The van der Waals surface area contributed by atoms with Crippen molar-refractivity contribution in [2.24, 2.45) is 0 Å². The van der Waals surface area contributed by atoms with Gasteiger partial charge in [0.05, 0.1) is 0 Å². The van der Waals surface area contributed by atoms with Crippen molar-refractivity contribution in [2.75, 3.05) is 13.2 Å². The van der Waals surface area contributed by atoms with Gasteiger partial charge in [0.2, 0.25) is 0 Å². The van der Waals surface area contributed by atoms with Crippen LogP contribution in [0.2, 0.25) is 0 Å². The van der Waals surface area contributed by atoms with Crippen LogP contribution in [0.1, 0.15) is 316 Å². The molecule has 0 rings (SSSR count). The summed E-state index contributed by atoms with van der Waals surface area (Å²) in [5.74, 6) is -0.880. The van der Waals surface area contributed by atoms with Crippen LogP contribution in [0.4, 0.5) is 0 Å². The van der Waals surface area contributed by atoms with E-state index in [2.05, 4.69) is 57.2 Å². The standard InChI is InChI=1S/C61H112O6/c1-4-7-10-13-16-19-22-24-26-28-30-32-34-36-39-42-45-48-51-54-60(63)66-57-58(56-65-59(62)53-50-47-44-41-38-21-18-15-12-9-6-3)67-61(64)55-52-49-46-43-40-37-35-33-31-29-27-25-23-20-17-14-11-8-5-2/h15,18,28-31,58H,4-14,16-17,19-27,32-57H2,1-3H3/b18-15-,30-28-,31-29-/t58-/m1/s1. The number of allylic oxidation sites excluding steroid dienone is 6. The first-order chi connectivity index (χ1) is 33.0. The van der Waals surface area contributed by atoms with Crippen molar-refractivity contribution in [1.29, 1.82) is 0 Å². The summed E-state index contributed by atoms with van der Waals surface area (Å²) in [5.41, 5.74) is 0. The highest BCUT2D eigenvalue weighted by atomic mass is 16.6. The maximum atomic E-state index is 12.9. The van der Waals surface area contributed by atoms with Crippen LogP contribution in [0.3, 0.4) is 0 Å². The lowest BCUT2D eigenvalue weighted by Gasteiger charge is -2.18. The number of rotatable bonds is 54. The predicted molar refractivity (Wildman–Crippen MR) is 289 cm³/mol. The van der Waals surface area contributed by atoms with Crippen LogP contribution >= 0.6 is 0 Å². The molecule has 0 aliphatic carbocycles. The smallest absolute Gasteiger partial charge is 0.306 e. The van der Waals surface area contributed by atoms with Crippen molar-refractivity contribution in [1.82, 2.24) is 0 Å². The second-order valence-electron chi connectivity index (χ2n) is 19.9. The van der Waals surface area contributed by atoms with Crippen molar-refractivity contribution >= 4 is 17.9 Å². The number of esters is 3. The molecular weight excluding hydrogens is 829 g/mol. The van der Waals surface area contributed by atoms with E-state index in [1.54, 1.807) is 0 Å². The summed E-state index contributed by atoms with van der Waals surface area (Å²) in [7, 11) is 0. The molecular formula is C61H112O6. The number of ether oxygens (including phenoxy) is 3. The molecule has 0 heterocycles. The Kier molecular flexibility index (Phi) is 54.2. The van der Waals surface area contributed by atoms with Crippen LogP contribution in [0.25, 0.3) is 0 Å². The second kappa shape index (κ2) is 56.2. The summed E-state index contributed by atoms with van der Waals surface area (Å²) < 4.78 is 16.9. The van der Waals surface area contributed by atoms with E-state index >= 15 is 0 Å². The van der Waals surface area contributed by atoms with Gasteiger partial charge in [0.1, 0.15) is 13.2 Å². The fraction of sp³-hybridized carbons (Fsp3) is 0.852. The molecule has 0 aromatic rings. The summed E-state index contributed by atoms with van der Waals surface area (Å²) in [6.07, 6.45) is 67.1. The Morgan fingerprint density at radius 2 is 0.507 bits per heavy atom. The lowest BCUT2D eigenvalue weighted by Crippen LogP contribution is -2.30. The molecule has 0 radical (unpaired) electrons. The summed E-state index contributed by atoms with van der Waals surface area (Å²) in [4.78, 5) is 38.1. The Hall–Kier alpha value is -2.37. The van der Waals surface area contributed by atoms with E-state index in [-0.39, 0.29) is 31.1 Å². The second-order valence-corrected chi connectivity index (χ2v) is 19.9. The fourth-order valence-electron chi connectivity index (χ4n) is 8.59. The van der Waals surface area contributed by atoms with E-state index in [0.29, 0.717) is 19.3 Å². The lowest BCUT2D eigenvalue weighted by atomic mass is 10.1. The van der Waals surface area contributed by atoms with Gasteiger partial charge in [-0.3, -0.25) is 14.4 Å². The highest BCUT2D eigenvalue weighted by Crippen LogP contribution is 2.16. The number of hydrogen-bond donors (Lipinski definition) is 0. The van der Waals surface area contributed by atoms with Crippen molar-refractivity contribution in [3.05, 3.63) is 36.5 Å². The minimum atomic E-state index is -0.778. The fourth-order valence-corrected chi connectivity index (χ4v) is 8.59. The van der Waals surface area contributed by atoms with Crippen LogP contribution in [-0.2, 0) is 28.6 Å². The van der Waals surface area contributed by atoms with Crippen LogP contribution in [-0.4, -0.2) is 37.2 Å². The molecule has 0 saturated carbocycles. The topological polar surface area (TPSA) is 78.9 Å². The third-order valence-corrected chi connectivity index (χ3v) is 13.1. The first-order valence-electron chi connectivity index (χ1n) is 29.5. The zero-order valence-electron chi connectivity index (χ0n) is 44.9.